The number of hydrogen-bond donors (Lipinski definition) is 1. The van der Waals surface area contributed by atoms with Crippen molar-refractivity contribution >= 4 is 22.8 Å². The van der Waals surface area contributed by atoms with Gasteiger partial charge >= 0.3 is 0 Å². The van der Waals surface area contributed by atoms with E-state index in [1.807, 2.05) is 17.5 Å². The molecule has 6 nitrogen and oxygen atoms in total. The van der Waals surface area contributed by atoms with Gasteiger partial charge in [0.1, 0.15) is 0 Å². The van der Waals surface area contributed by atoms with Crippen LogP contribution in [0.3, 0.4) is 0 Å². The molecule has 1 aliphatic rings. The maximum atomic E-state index is 11.8. The molecule has 1 N–H and O–H groups in total. The largest absolute Gasteiger partial charge is 0.351 e. The Balaban J connectivity index is 1.46. The van der Waals surface area contributed by atoms with E-state index in [1.54, 1.807) is 11.3 Å². The molecule has 0 saturated heterocycles. The lowest BCUT2D eigenvalue weighted by Crippen LogP contribution is -2.24. The molecule has 0 aliphatic carbocycles. The number of likely N-dealkylation sites (N-methyl/N-ethyl adjacent to an activating group) is 1. The Morgan fingerprint density at radius 1 is 1.52 bits per heavy atom. The number of rotatable bonds is 6. The summed E-state index contributed by atoms with van der Waals surface area (Å²) in [6.45, 7) is 2.48. The summed E-state index contributed by atoms with van der Waals surface area (Å²) < 4.78 is 5.25. The number of nitrogens with one attached hydrogen (secondary N) is 1. The van der Waals surface area contributed by atoms with Crippen LogP contribution in [0, 0.1) is 0 Å². The number of amides is 1. The third-order valence-electron chi connectivity index (χ3n) is 3.77. The minimum Gasteiger partial charge on any atom is -0.351 e. The average Bonchev–Trinajstić information content (AvgIpc) is 3.23. The van der Waals surface area contributed by atoms with E-state index in [9.17, 15) is 4.79 Å². The molecule has 0 aromatic carbocycles. The summed E-state index contributed by atoms with van der Waals surface area (Å²) in [5.74, 6) is 1.18. The maximum absolute atomic E-state index is 11.8. The molecule has 3 heterocycles. The quantitative estimate of drug-likeness (QED) is 0.877. The molecule has 0 spiro atoms. The van der Waals surface area contributed by atoms with Gasteiger partial charge in [-0.25, -0.2) is 0 Å². The van der Waals surface area contributed by atoms with Crippen LogP contribution >= 0.6 is 11.3 Å². The highest BCUT2D eigenvalue weighted by Gasteiger charge is 2.15. The Morgan fingerprint density at radius 3 is 3.17 bits per heavy atom. The Bertz CT molecular complexity index is 678. The molecule has 7 heteroatoms. The van der Waals surface area contributed by atoms with Gasteiger partial charge in [0.25, 0.3) is 0 Å². The second-order valence-corrected chi connectivity index (χ2v) is 6.64. The van der Waals surface area contributed by atoms with E-state index in [1.165, 1.54) is 0 Å². The van der Waals surface area contributed by atoms with E-state index >= 15 is 0 Å². The molecule has 3 rings (SSSR count). The monoisotopic (exact) mass is 332 g/mol. The summed E-state index contributed by atoms with van der Waals surface area (Å²) in [6.07, 6.45) is 3.88. The van der Waals surface area contributed by atoms with Gasteiger partial charge in [-0.1, -0.05) is 17.3 Å². The molecule has 0 unspecified atom stereocenters. The molecule has 0 atom stereocenters. The van der Waals surface area contributed by atoms with E-state index in [2.05, 4.69) is 33.5 Å². The molecule has 0 saturated carbocycles. The van der Waals surface area contributed by atoms with Crippen LogP contribution in [0.15, 0.2) is 28.1 Å². The first-order valence-electron chi connectivity index (χ1n) is 7.70. The van der Waals surface area contributed by atoms with Crippen molar-refractivity contribution in [2.24, 2.45) is 0 Å². The van der Waals surface area contributed by atoms with Crippen molar-refractivity contribution in [3.63, 3.8) is 0 Å². The van der Waals surface area contributed by atoms with Gasteiger partial charge in [-0.15, -0.1) is 11.3 Å². The van der Waals surface area contributed by atoms with Gasteiger partial charge in [-0.2, -0.15) is 4.98 Å². The summed E-state index contributed by atoms with van der Waals surface area (Å²) >= 11 is 1.63. The average molecular weight is 332 g/mol. The van der Waals surface area contributed by atoms with Crippen LogP contribution < -0.4 is 5.32 Å². The lowest BCUT2D eigenvalue weighted by molar-refractivity contribution is -0.121. The number of carbonyl (C=O) groups is 1. The third kappa shape index (κ3) is 4.49. The predicted molar refractivity (Wildman–Crippen MR) is 88.9 cm³/mol. The Hall–Kier alpha value is -1.99. The van der Waals surface area contributed by atoms with Crippen LogP contribution in [0.4, 0.5) is 0 Å². The topological polar surface area (TPSA) is 71.3 Å². The molecule has 2 aromatic heterocycles. The van der Waals surface area contributed by atoms with Crippen molar-refractivity contribution in [2.45, 2.75) is 25.8 Å². The number of aromatic nitrogens is 2. The Morgan fingerprint density at radius 2 is 2.43 bits per heavy atom. The first-order chi connectivity index (χ1) is 11.2. The van der Waals surface area contributed by atoms with E-state index in [-0.39, 0.29) is 5.91 Å². The van der Waals surface area contributed by atoms with Crippen LogP contribution in [-0.4, -0.2) is 41.1 Å². The molecule has 23 heavy (non-hydrogen) atoms. The molecule has 2 aromatic rings. The second-order valence-electron chi connectivity index (χ2n) is 5.61. The zero-order chi connectivity index (χ0) is 16.1. The number of nitrogens with zero attached hydrogens (tertiary/aromatic N) is 3. The fraction of sp³-hybridized carbons (Fsp3) is 0.438. The normalized spacial score (nSPS) is 15.4. The highest BCUT2D eigenvalue weighted by molar-refractivity contribution is 7.09. The first kappa shape index (κ1) is 15.9. The van der Waals surface area contributed by atoms with Gasteiger partial charge in [0, 0.05) is 30.8 Å². The van der Waals surface area contributed by atoms with Crippen molar-refractivity contribution in [1.82, 2.24) is 20.4 Å². The number of thiophene rings is 1. The van der Waals surface area contributed by atoms with Gasteiger partial charge in [0.15, 0.2) is 5.82 Å². The first-order valence-corrected chi connectivity index (χ1v) is 8.58. The molecule has 0 radical (unpaired) electrons. The van der Waals surface area contributed by atoms with E-state index < -0.39 is 0 Å². The van der Waals surface area contributed by atoms with Gasteiger partial charge in [-0.3, -0.25) is 4.79 Å². The maximum Gasteiger partial charge on any atom is 0.227 e. The smallest absolute Gasteiger partial charge is 0.227 e. The van der Waals surface area contributed by atoms with Crippen LogP contribution in [-0.2, 0) is 17.8 Å². The van der Waals surface area contributed by atoms with Crippen molar-refractivity contribution < 1.29 is 9.32 Å². The SMILES string of the molecule is CN1CC=C(c2noc(CCC(=O)NCc3cccs3)n2)CC1. The Kier molecular flexibility index (Phi) is 5.19. The highest BCUT2D eigenvalue weighted by Crippen LogP contribution is 2.19. The molecule has 1 aliphatic heterocycles. The molecule has 0 fully saturated rings. The van der Waals surface area contributed by atoms with Gasteiger partial charge in [0.05, 0.1) is 6.54 Å². The van der Waals surface area contributed by atoms with Crippen molar-refractivity contribution in [2.75, 3.05) is 20.1 Å². The number of hydrogen-bond acceptors (Lipinski definition) is 6. The Labute approximate surface area is 139 Å². The fourth-order valence-electron chi connectivity index (χ4n) is 2.37. The minimum absolute atomic E-state index is 0.00310. The van der Waals surface area contributed by atoms with Gasteiger partial charge < -0.3 is 14.7 Å². The standard InChI is InChI=1S/C16H20N4O2S/c1-20-8-6-12(7-9-20)16-18-15(22-19-16)5-4-14(21)17-11-13-3-2-10-23-13/h2-3,6,10H,4-5,7-9,11H2,1H3,(H,17,21). The minimum atomic E-state index is -0.00310. The van der Waals surface area contributed by atoms with Gasteiger partial charge in [0.2, 0.25) is 11.8 Å². The summed E-state index contributed by atoms with van der Waals surface area (Å²) in [5.41, 5.74) is 1.13. The molecular weight excluding hydrogens is 312 g/mol. The lowest BCUT2D eigenvalue weighted by Gasteiger charge is -2.19. The highest BCUT2D eigenvalue weighted by atomic mass is 32.1. The molecule has 122 valence electrons. The molecule has 0 bridgehead atoms. The number of aryl methyl sites for hydroxylation is 1. The second kappa shape index (κ2) is 7.52. The van der Waals surface area contributed by atoms with Crippen LogP contribution in [0.5, 0.6) is 0 Å². The summed E-state index contributed by atoms with van der Waals surface area (Å²) in [4.78, 5) is 19.6. The third-order valence-corrected chi connectivity index (χ3v) is 4.65. The van der Waals surface area contributed by atoms with Crippen LogP contribution in [0.25, 0.3) is 5.57 Å². The number of carbonyl (C=O) groups excluding carboxylic acids is 1. The van der Waals surface area contributed by atoms with Crippen LogP contribution in [0.2, 0.25) is 0 Å². The zero-order valence-electron chi connectivity index (χ0n) is 13.1. The van der Waals surface area contributed by atoms with Gasteiger partial charge in [-0.05, 0) is 30.5 Å². The van der Waals surface area contributed by atoms with E-state index in [0.717, 1.165) is 30.0 Å². The van der Waals surface area contributed by atoms with Crippen molar-refractivity contribution in [3.05, 3.63) is 40.2 Å². The summed E-state index contributed by atoms with van der Waals surface area (Å²) in [6, 6.07) is 3.98. The zero-order valence-corrected chi connectivity index (χ0v) is 13.9. The molecule has 1 amide bonds. The van der Waals surface area contributed by atoms with E-state index in [4.69, 9.17) is 4.52 Å². The fourth-order valence-corrected chi connectivity index (χ4v) is 3.01. The summed E-state index contributed by atoms with van der Waals surface area (Å²) in [5, 5.41) is 8.92. The van der Waals surface area contributed by atoms with Crippen molar-refractivity contribution in [3.8, 4) is 0 Å². The molecular formula is C16H20N4O2S. The van der Waals surface area contributed by atoms with E-state index in [0.29, 0.717) is 31.1 Å². The lowest BCUT2D eigenvalue weighted by atomic mass is 10.1. The summed E-state index contributed by atoms with van der Waals surface area (Å²) in [7, 11) is 2.09. The van der Waals surface area contributed by atoms with Crippen LogP contribution in [0.1, 0.15) is 29.4 Å². The predicted octanol–water partition coefficient (Wildman–Crippen LogP) is 2.10. The van der Waals surface area contributed by atoms with Crippen molar-refractivity contribution in [1.29, 1.82) is 0 Å².